The number of ether oxygens (including phenoxy) is 3. The Morgan fingerprint density at radius 1 is 0.917 bits per heavy atom. The van der Waals surface area contributed by atoms with Crippen LogP contribution in [0.2, 0.25) is 0 Å². The molecule has 0 unspecified atom stereocenters. The lowest BCUT2D eigenvalue weighted by Crippen LogP contribution is -2.08. The fraction of sp³-hybridized carbons (Fsp3) is 0.259. The maximum Gasteiger partial charge on any atom is 0.306 e. The standard InChI is InChI=1S/C27H30O8S/c1-17(2)12-13-34-23-11-8-19(14-24(23)35-36(5,30)31)26-22(16-28)27(33-4)21(15-25(26)32-3)18-6-9-20(29)10-7-18/h6-12,14-15,28-29H,13,16H2,1-5H3. The number of allylic oxidation sites excluding steroid dienone is 1. The van der Waals surface area contributed by atoms with E-state index >= 15 is 0 Å². The molecular weight excluding hydrogens is 484 g/mol. The van der Waals surface area contributed by atoms with Crippen molar-refractivity contribution >= 4 is 10.1 Å². The van der Waals surface area contributed by atoms with Gasteiger partial charge in [-0.15, -0.1) is 0 Å². The number of hydrogen-bond acceptors (Lipinski definition) is 8. The van der Waals surface area contributed by atoms with E-state index in [4.69, 9.17) is 18.4 Å². The molecule has 36 heavy (non-hydrogen) atoms. The number of phenols is 1. The predicted octanol–water partition coefficient (Wildman–Crippen LogP) is 4.92. The molecule has 0 spiro atoms. The number of aliphatic hydroxyl groups is 1. The summed E-state index contributed by atoms with van der Waals surface area (Å²) < 4.78 is 46.3. The summed E-state index contributed by atoms with van der Waals surface area (Å²) in [5, 5.41) is 20.0. The Morgan fingerprint density at radius 3 is 2.14 bits per heavy atom. The molecule has 3 aromatic rings. The molecule has 0 atom stereocenters. The van der Waals surface area contributed by atoms with Gasteiger partial charge in [0.1, 0.15) is 23.9 Å². The van der Waals surface area contributed by atoms with Gasteiger partial charge in [-0.3, -0.25) is 0 Å². The molecular formula is C27H30O8S. The van der Waals surface area contributed by atoms with E-state index in [0.29, 0.717) is 33.8 Å². The highest BCUT2D eigenvalue weighted by Crippen LogP contribution is 2.47. The van der Waals surface area contributed by atoms with E-state index in [0.717, 1.165) is 17.4 Å². The summed E-state index contributed by atoms with van der Waals surface area (Å²) in [5.74, 6) is 1.21. The summed E-state index contributed by atoms with van der Waals surface area (Å²) in [6, 6.07) is 13.2. The summed E-state index contributed by atoms with van der Waals surface area (Å²) in [6.07, 6.45) is 2.81. The van der Waals surface area contributed by atoms with Crippen LogP contribution in [-0.2, 0) is 16.7 Å². The van der Waals surface area contributed by atoms with E-state index in [9.17, 15) is 18.6 Å². The summed E-state index contributed by atoms with van der Waals surface area (Å²) >= 11 is 0. The number of rotatable bonds is 10. The monoisotopic (exact) mass is 514 g/mol. The predicted molar refractivity (Wildman–Crippen MR) is 138 cm³/mol. The van der Waals surface area contributed by atoms with E-state index < -0.39 is 10.1 Å². The third kappa shape index (κ3) is 6.30. The zero-order chi connectivity index (χ0) is 26.5. The van der Waals surface area contributed by atoms with Crippen LogP contribution < -0.4 is 18.4 Å². The molecule has 3 aromatic carbocycles. The number of aliphatic hydroxyl groups excluding tert-OH is 1. The molecule has 0 saturated carbocycles. The van der Waals surface area contributed by atoms with Gasteiger partial charge in [0, 0.05) is 16.7 Å². The molecule has 3 rings (SSSR count). The highest BCUT2D eigenvalue weighted by atomic mass is 32.2. The molecule has 0 aliphatic heterocycles. The maximum atomic E-state index is 12.0. The first-order valence-corrected chi connectivity index (χ1v) is 12.9. The summed E-state index contributed by atoms with van der Waals surface area (Å²) in [4.78, 5) is 0. The zero-order valence-corrected chi connectivity index (χ0v) is 21.7. The van der Waals surface area contributed by atoms with Gasteiger partial charge in [0.25, 0.3) is 0 Å². The van der Waals surface area contributed by atoms with Gasteiger partial charge in [0.05, 0.1) is 27.1 Å². The minimum Gasteiger partial charge on any atom is -0.508 e. The zero-order valence-electron chi connectivity index (χ0n) is 20.9. The largest absolute Gasteiger partial charge is 0.508 e. The second kappa shape index (κ2) is 11.4. The number of hydrogen-bond donors (Lipinski definition) is 2. The second-order valence-corrected chi connectivity index (χ2v) is 9.83. The molecule has 2 N–H and O–H groups in total. The van der Waals surface area contributed by atoms with Crippen LogP contribution in [0.1, 0.15) is 19.4 Å². The van der Waals surface area contributed by atoms with E-state index in [-0.39, 0.29) is 30.5 Å². The number of aromatic hydroxyl groups is 1. The Balaban J connectivity index is 2.22. The average Bonchev–Trinajstić information content (AvgIpc) is 2.82. The molecule has 8 nitrogen and oxygen atoms in total. The van der Waals surface area contributed by atoms with Crippen LogP contribution in [0, 0.1) is 0 Å². The van der Waals surface area contributed by atoms with Crippen molar-refractivity contribution in [3.05, 3.63) is 65.7 Å². The fourth-order valence-electron chi connectivity index (χ4n) is 3.72. The van der Waals surface area contributed by atoms with Crippen molar-refractivity contribution in [3.63, 3.8) is 0 Å². The molecule has 192 valence electrons. The van der Waals surface area contributed by atoms with E-state index in [1.165, 1.54) is 20.3 Å². The van der Waals surface area contributed by atoms with Crippen molar-refractivity contribution in [2.24, 2.45) is 0 Å². The average molecular weight is 515 g/mol. The molecule has 0 aliphatic rings. The van der Waals surface area contributed by atoms with Crippen LogP contribution >= 0.6 is 0 Å². The molecule has 0 amide bonds. The van der Waals surface area contributed by atoms with Gasteiger partial charge in [-0.2, -0.15) is 8.42 Å². The first kappa shape index (κ1) is 26.9. The van der Waals surface area contributed by atoms with Crippen LogP contribution in [0.25, 0.3) is 22.3 Å². The van der Waals surface area contributed by atoms with Gasteiger partial charge in [-0.05, 0) is 61.4 Å². The van der Waals surface area contributed by atoms with Crippen molar-refractivity contribution in [1.29, 1.82) is 0 Å². The van der Waals surface area contributed by atoms with Crippen LogP contribution in [0.15, 0.2) is 60.2 Å². The van der Waals surface area contributed by atoms with E-state index in [1.54, 1.807) is 42.5 Å². The Bertz CT molecular complexity index is 1360. The lowest BCUT2D eigenvalue weighted by molar-refractivity contribution is 0.273. The Labute approximate surface area is 211 Å². The third-order valence-electron chi connectivity index (χ3n) is 5.31. The molecule has 0 heterocycles. The summed E-state index contributed by atoms with van der Waals surface area (Å²) in [5.41, 5.74) is 3.91. The van der Waals surface area contributed by atoms with Crippen LogP contribution in [-0.4, -0.2) is 45.7 Å². The van der Waals surface area contributed by atoms with Crippen molar-refractivity contribution in [2.45, 2.75) is 20.5 Å². The molecule has 0 aliphatic carbocycles. The van der Waals surface area contributed by atoms with Gasteiger partial charge in [-0.25, -0.2) is 0 Å². The van der Waals surface area contributed by atoms with Crippen LogP contribution in [0.5, 0.6) is 28.7 Å². The van der Waals surface area contributed by atoms with Crippen LogP contribution in [0.3, 0.4) is 0 Å². The summed E-state index contributed by atoms with van der Waals surface area (Å²) in [6.45, 7) is 3.71. The maximum absolute atomic E-state index is 12.0. The normalized spacial score (nSPS) is 11.1. The number of phenolic OH excluding ortho intramolecular Hbond substituents is 1. The lowest BCUT2D eigenvalue weighted by Gasteiger charge is -2.21. The van der Waals surface area contributed by atoms with Crippen LogP contribution in [0.4, 0.5) is 0 Å². The van der Waals surface area contributed by atoms with Gasteiger partial charge < -0.3 is 28.6 Å². The minimum atomic E-state index is -3.85. The molecule has 0 bridgehead atoms. The van der Waals surface area contributed by atoms with Gasteiger partial charge in [0.15, 0.2) is 11.5 Å². The van der Waals surface area contributed by atoms with Crippen molar-refractivity contribution < 1.29 is 37.0 Å². The Hall–Kier alpha value is -3.69. The highest BCUT2D eigenvalue weighted by molar-refractivity contribution is 7.86. The molecule has 0 saturated heterocycles. The van der Waals surface area contributed by atoms with Crippen molar-refractivity contribution in [1.82, 2.24) is 0 Å². The quantitative estimate of drug-likeness (QED) is 0.290. The molecule has 9 heteroatoms. The Kier molecular flexibility index (Phi) is 8.49. The first-order valence-electron chi connectivity index (χ1n) is 11.1. The van der Waals surface area contributed by atoms with E-state index in [1.807, 2.05) is 19.9 Å². The fourth-order valence-corrected chi connectivity index (χ4v) is 4.18. The van der Waals surface area contributed by atoms with Gasteiger partial charge in [0.2, 0.25) is 0 Å². The van der Waals surface area contributed by atoms with Crippen molar-refractivity contribution in [2.75, 3.05) is 27.1 Å². The minimum absolute atomic E-state index is 0.00433. The highest BCUT2D eigenvalue weighted by Gasteiger charge is 2.23. The third-order valence-corrected chi connectivity index (χ3v) is 5.79. The Morgan fingerprint density at radius 2 is 1.58 bits per heavy atom. The SMILES string of the molecule is COc1cc(-c2ccc(O)cc2)c(OC)c(CO)c1-c1ccc(OCC=C(C)C)c(OS(C)(=O)=O)c1. The second-order valence-electron chi connectivity index (χ2n) is 8.26. The lowest BCUT2D eigenvalue weighted by atomic mass is 9.92. The number of methoxy groups -OCH3 is 2. The van der Waals surface area contributed by atoms with E-state index in [2.05, 4.69) is 0 Å². The van der Waals surface area contributed by atoms with Crippen molar-refractivity contribution in [3.8, 4) is 51.0 Å². The number of benzene rings is 3. The molecule has 0 aromatic heterocycles. The smallest absolute Gasteiger partial charge is 0.306 e. The van der Waals surface area contributed by atoms with Gasteiger partial charge in [-0.1, -0.05) is 23.8 Å². The summed E-state index contributed by atoms with van der Waals surface area (Å²) in [7, 11) is -0.861. The first-order chi connectivity index (χ1) is 17.1. The topological polar surface area (TPSA) is 112 Å². The molecule has 0 radical (unpaired) electrons. The molecule has 0 fully saturated rings. The van der Waals surface area contributed by atoms with Gasteiger partial charge >= 0.3 is 10.1 Å².